The van der Waals surface area contributed by atoms with Gasteiger partial charge in [-0.2, -0.15) is 12.6 Å². The third-order valence-electron chi connectivity index (χ3n) is 1.94. The van der Waals surface area contributed by atoms with Crippen molar-refractivity contribution in [2.75, 3.05) is 33.0 Å². The van der Waals surface area contributed by atoms with Gasteiger partial charge in [-0.05, 0) is 6.92 Å². The molecule has 1 unspecified atom stereocenters. The molecule has 0 saturated carbocycles. The summed E-state index contributed by atoms with van der Waals surface area (Å²) in [5, 5.41) is 3.32. The number of thiol groups is 1. The van der Waals surface area contributed by atoms with E-state index in [-0.39, 0.29) is 17.8 Å². The van der Waals surface area contributed by atoms with E-state index in [1.54, 1.807) is 0 Å². The maximum atomic E-state index is 10.9. The zero-order chi connectivity index (χ0) is 12.9. The van der Waals surface area contributed by atoms with E-state index < -0.39 is 0 Å². The maximum Gasteiger partial charge on any atom is 0.158 e. The molecule has 0 fully saturated rings. The van der Waals surface area contributed by atoms with Crippen LogP contribution in [0.3, 0.4) is 0 Å². The summed E-state index contributed by atoms with van der Waals surface area (Å²) in [5.41, 5.74) is 0. The molecule has 0 bridgehead atoms. The highest BCUT2D eigenvalue weighted by Gasteiger charge is 1.95. The van der Waals surface area contributed by atoms with E-state index in [1.165, 1.54) is 0 Å². The number of ketones is 1. The summed E-state index contributed by atoms with van der Waals surface area (Å²) in [5.74, 6) is 0.126. The second-order valence-electron chi connectivity index (χ2n) is 3.58. The molecule has 1 atom stereocenters. The first-order valence-electron chi connectivity index (χ1n) is 5.90. The second kappa shape index (κ2) is 12.1. The number of ether oxygens (including phenoxy) is 2. The lowest BCUT2D eigenvalue weighted by atomic mass is 10.3. The molecule has 0 aliphatic carbocycles. The van der Waals surface area contributed by atoms with Crippen LogP contribution in [-0.2, 0) is 14.3 Å². The lowest BCUT2D eigenvalue weighted by Crippen LogP contribution is -2.25. The van der Waals surface area contributed by atoms with Gasteiger partial charge in [-0.25, -0.2) is 0 Å². The van der Waals surface area contributed by atoms with Crippen LogP contribution in [0.1, 0.15) is 20.3 Å². The first kappa shape index (κ1) is 16.6. The van der Waals surface area contributed by atoms with Crippen LogP contribution >= 0.6 is 12.6 Å². The van der Waals surface area contributed by atoms with Gasteiger partial charge in [-0.3, -0.25) is 4.79 Å². The molecule has 0 aromatic carbocycles. The van der Waals surface area contributed by atoms with Crippen molar-refractivity contribution in [3.63, 3.8) is 0 Å². The Morgan fingerprint density at radius 3 is 2.59 bits per heavy atom. The van der Waals surface area contributed by atoms with Gasteiger partial charge in [-0.15, -0.1) is 0 Å². The fourth-order valence-corrected chi connectivity index (χ4v) is 1.10. The number of carbonyl (C=O) groups is 1. The van der Waals surface area contributed by atoms with Crippen LogP contribution in [0.25, 0.3) is 0 Å². The Hall–Kier alpha value is -0.360. The molecule has 0 rings (SSSR count). The standard InChI is InChI=1S/C12H23NO3S/c1-3-12(14)10-16-8-5-4-7-15-9-6-13-11(2)17/h4-5,11,13,17H,3,6-10H2,1-2H3/b5-4-. The van der Waals surface area contributed by atoms with Crippen LogP contribution in [0, 0.1) is 0 Å². The van der Waals surface area contributed by atoms with Crippen molar-refractivity contribution in [2.24, 2.45) is 0 Å². The number of Topliss-reactive ketones (excluding diaryl/α,β-unsaturated/α-hetero) is 1. The summed E-state index contributed by atoms with van der Waals surface area (Å²) in [6.07, 6.45) is 4.28. The molecular weight excluding hydrogens is 238 g/mol. The SMILES string of the molecule is CCC(=O)COC/C=C\COCCNC(C)S. The Kier molecular flexibility index (Phi) is 11.8. The minimum Gasteiger partial charge on any atom is -0.376 e. The molecule has 0 radical (unpaired) electrons. The van der Waals surface area contributed by atoms with Gasteiger partial charge >= 0.3 is 0 Å². The number of hydrogen-bond acceptors (Lipinski definition) is 5. The van der Waals surface area contributed by atoms with Crippen molar-refractivity contribution in [1.29, 1.82) is 0 Å². The average molecular weight is 261 g/mol. The second-order valence-corrected chi connectivity index (χ2v) is 4.36. The molecule has 5 heteroatoms. The Morgan fingerprint density at radius 2 is 2.00 bits per heavy atom. The monoisotopic (exact) mass is 261 g/mol. The molecule has 0 spiro atoms. The van der Waals surface area contributed by atoms with E-state index in [1.807, 2.05) is 26.0 Å². The van der Waals surface area contributed by atoms with E-state index in [0.29, 0.717) is 26.2 Å². The lowest BCUT2D eigenvalue weighted by molar-refractivity contribution is -0.122. The van der Waals surface area contributed by atoms with Crippen molar-refractivity contribution < 1.29 is 14.3 Å². The van der Waals surface area contributed by atoms with E-state index in [0.717, 1.165) is 6.54 Å². The highest BCUT2D eigenvalue weighted by molar-refractivity contribution is 7.80. The third kappa shape index (κ3) is 13.6. The summed E-state index contributed by atoms with van der Waals surface area (Å²) in [4.78, 5) is 10.9. The molecule has 0 aliphatic heterocycles. The first-order valence-corrected chi connectivity index (χ1v) is 6.42. The van der Waals surface area contributed by atoms with Gasteiger partial charge in [0.15, 0.2) is 5.78 Å². The summed E-state index contributed by atoms with van der Waals surface area (Å²) in [6.45, 7) is 6.47. The van der Waals surface area contributed by atoms with Crippen LogP contribution in [-0.4, -0.2) is 44.1 Å². The predicted octanol–water partition coefficient (Wildman–Crippen LogP) is 1.42. The zero-order valence-corrected chi connectivity index (χ0v) is 11.5. The zero-order valence-electron chi connectivity index (χ0n) is 10.6. The summed E-state index contributed by atoms with van der Waals surface area (Å²) in [7, 11) is 0. The van der Waals surface area contributed by atoms with Gasteiger partial charge < -0.3 is 14.8 Å². The Morgan fingerprint density at radius 1 is 1.35 bits per heavy atom. The van der Waals surface area contributed by atoms with Gasteiger partial charge in [0.05, 0.1) is 19.8 Å². The van der Waals surface area contributed by atoms with Crippen molar-refractivity contribution >= 4 is 18.4 Å². The van der Waals surface area contributed by atoms with Crippen LogP contribution in [0.4, 0.5) is 0 Å². The average Bonchev–Trinajstić information content (AvgIpc) is 2.30. The predicted molar refractivity (Wildman–Crippen MR) is 72.5 cm³/mol. The van der Waals surface area contributed by atoms with Crippen molar-refractivity contribution in [2.45, 2.75) is 25.6 Å². The van der Waals surface area contributed by atoms with E-state index >= 15 is 0 Å². The van der Waals surface area contributed by atoms with Crippen LogP contribution < -0.4 is 5.32 Å². The molecule has 4 nitrogen and oxygen atoms in total. The highest BCUT2D eigenvalue weighted by Crippen LogP contribution is 1.86. The molecule has 0 amide bonds. The van der Waals surface area contributed by atoms with Crippen molar-refractivity contribution in [1.82, 2.24) is 5.32 Å². The molecular formula is C12H23NO3S. The fraction of sp³-hybridized carbons (Fsp3) is 0.750. The first-order chi connectivity index (χ1) is 8.16. The van der Waals surface area contributed by atoms with Crippen LogP contribution in [0.15, 0.2) is 12.2 Å². The van der Waals surface area contributed by atoms with Crippen molar-refractivity contribution in [3.05, 3.63) is 12.2 Å². The van der Waals surface area contributed by atoms with E-state index in [2.05, 4.69) is 17.9 Å². The Labute approximate surface area is 109 Å². The molecule has 1 N–H and O–H groups in total. The van der Waals surface area contributed by atoms with Gasteiger partial charge in [-0.1, -0.05) is 19.1 Å². The number of hydrogen-bond donors (Lipinski definition) is 2. The summed E-state index contributed by atoms with van der Waals surface area (Å²) in [6, 6.07) is 0. The molecule has 0 saturated heterocycles. The third-order valence-corrected chi connectivity index (χ3v) is 2.12. The van der Waals surface area contributed by atoms with E-state index in [9.17, 15) is 4.79 Å². The number of carbonyl (C=O) groups excluding carboxylic acids is 1. The summed E-state index contributed by atoms with van der Waals surface area (Å²) >= 11 is 4.18. The lowest BCUT2D eigenvalue weighted by Gasteiger charge is -2.06. The minimum absolute atomic E-state index is 0.126. The van der Waals surface area contributed by atoms with E-state index in [4.69, 9.17) is 9.47 Å². The summed E-state index contributed by atoms with van der Waals surface area (Å²) < 4.78 is 10.5. The molecule has 0 heterocycles. The van der Waals surface area contributed by atoms with Crippen LogP contribution in [0.2, 0.25) is 0 Å². The van der Waals surface area contributed by atoms with Gasteiger partial charge in [0, 0.05) is 18.3 Å². The molecule has 0 aliphatic rings. The molecule has 17 heavy (non-hydrogen) atoms. The molecule has 0 aromatic heterocycles. The maximum absolute atomic E-state index is 10.9. The van der Waals surface area contributed by atoms with Crippen LogP contribution in [0.5, 0.6) is 0 Å². The van der Waals surface area contributed by atoms with Gasteiger partial charge in [0.1, 0.15) is 6.61 Å². The molecule has 0 aromatic rings. The minimum atomic E-state index is 0.126. The fourth-order valence-electron chi connectivity index (χ4n) is 0.970. The largest absolute Gasteiger partial charge is 0.376 e. The quantitative estimate of drug-likeness (QED) is 0.256. The smallest absolute Gasteiger partial charge is 0.158 e. The van der Waals surface area contributed by atoms with Crippen molar-refractivity contribution in [3.8, 4) is 0 Å². The Balaban J connectivity index is 3.17. The van der Waals surface area contributed by atoms with Gasteiger partial charge in [0.25, 0.3) is 0 Å². The topological polar surface area (TPSA) is 47.6 Å². The normalized spacial score (nSPS) is 13.1. The molecule has 100 valence electrons. The number of nitrogens with one attached hydrogen (secondary N) is 1. The highest BCUT2D eigenvalue weighted by atomic mass is 32.1. The van der Waals surface area contributed by atoms with Gasteiger partial charge in [0.2, 0.25) is 0 Å². The Bertz CT molecular complexity index is 220. The number of rotatable bonds is 11.